The number of thiophene rings is 1. The van der Waals surface area contributed by atoms with Gasteiger partial charge in [0.05, 0.1) is 6.10 Å². The Morgan fingerprint density at radius 3 is 3.07 bits per heavy atom. The topological polar surface area (TPSA) is 20.2 Å². The van der Waals surface area contributed by atoms with Crippen molar-refractivity contribution in [1.29, 1.82) is 0 Å². The first kappa shape index (κ1) is 11.2. The van der Waals surface area contributed by atoms with Crippen LogP contribution < -0.4 is 0 Å². The van der Waals surface area contributed by atoms with Gasteiger partial charge in [-0.1, -0.05) is 25.8 Å². The largest absolute Gasteiger partial charge is 0.392 e. The van der Waals surface area contributed by atoms with Gasteiger partial charge in [0.1, 0.15) is 0 Å². The first-order valence-electron chi connectivity index (χ1n) is 5.96. The molecule has 15 heavy (non-hydrogen) atoms. The molecule has 1 fully saturated rings. The Balaban J connectivity index is 1.87. The molecule has 0 spiro atoms. The lowest BCUT2D eigenvalue weighted by atomic mass is 9.79. The Morgan fingerprint density at radius 2 is 2.40 bits per heavy atom. The van der Waals surface area contributed by atoms with Gasteiger partial charge in [-0.3, -0.25) is 0 Å². The highest BCUT2D eigenvalue weighted by Crippen LogP contribution is 2.32. The van der Waals surface area contributed by atoms with Gasteiger partial charge in [0.25, 0.3) is 0 Å². The highest BCUT2D eigenvalue weighted by Gasteiger charge is 2.25. The minimum absolute atomic E-state index is 0.119. The van der Waals surface area contributed by atoms with Crippen molar-refractivity contribution in [2.45, 2.75) is 45.1 Å². The second-order valence-corrected chi connectivity index (χ2v) is 5.91. The summed E-state index contributed by atoms with van der Waals surface area (Å²) in [7, 11) is 0. The SMILES string of the molecule is CC1CCCC(C(O)Cc2cccs2)C1. The summed E-state index contributed by atoms with van der Waals surface area (Å²) in [5, 5.41) is 12.3. The van der Waals surface area contributed by atoms with Crippen LogP contribution in [0.1, 0.15) is 37.5 Å². The van der Waals surface area contributed by atoms with Crippen molar-refractivity contribution in [3.63, 3.8) is 0 Å². The van der Waals surface area contributed by atoms with Gasteiger partial charge >= 0.3 is 0 Å². The van der Waals surface area contributed by atoms with Crippen molar-refractivity contribution in [2.24, 2.45) is 11.8 Å². The normalized spacial score (nSPS) is 28.9. The first-order chi connectivity index (χ1) is 7.25. The van der Waals surface area contributed by atoms with Crippen LogP contribution >= 0.6 is 11.3 Å². The maximum Gasteiger partial charge on any atom is 0.0616 e. The van der Waals surface area contributed by atoms with Gasteiger partial charge in [-0.25, -0.2) is 0 Å². The number of aliphatic hydroxyl groups excluding tert-OH is 1. The van der Waals surface area contributed by atoms with Crippen LogP contribution in [-0.2, 0) is 6.42 Å². The average Bonchev–Trinajstić information content (AvgIpc) is 2.70. The van der Waals surface area contributed by atoms with E-state index in [-0.39, 0.29) is 6.10 Å². The lowest BCUT2D eigenvalue weighted by Crippen LogP contribution is -2.27. The van der Waals surface area contributed by atoms with E-state index >= 15 is 0 Å². The lowest BCUT2D eigenvalue weighted by molar-refractivity contribution is 0.0726. The molecule has 0 aliphatic heterocycles. The third-order valence-electron chi connectivity index (χ3n) is 3.51. The fourth-order valence-electron chi connectivity index (χ4n) is 2.63. The fraction of sp³-hybridized carbons (Fsp3) is 0.692. The minimum atomic E-state index is -0.119. The monoisotopic (exact) mass is 224 g/mol. The third-order valence-corrected chi connectivity index (χ3v) is 4.41. The zero-order valence-electron chi connectivity index (χ0n) is 9.36. The Kier molecular flexibility index (Phi) is 3.81. The molecule has 2 heteroatoms. The highest BCUT2D eigenvalue weighted by molar-refractivity contribution is 7.09. The van der Waals surface area contributed by atoms with Gasteiger partial charge in [0.2, 0.25) is 0 Å². The Hall–Kier alpha value is -0.340. The Labute approximate surface area is 96.1 Å². The van der Waals surface area contributed by atoms with Crippen LogP contribution in [0.25, 0.3) is 0 Å². The van der Waals surface area contributed by atoms with E-state index in [1.807, 2.05) is 0 Å². The molecule has 0 amide bonds. The average molecular weight is 224 g/mol. The van der Waals surface area contributed by atoms with Crippen molar-refractivity contribution in [3.8, 4) is 0 Å². The molecule has 3 unspecified atom stereocenters. The maximum atomic E-state index is 10.2. The molecule has 1 aliphatic carbocycles. The maximum absolute atomic E-state index is 10.2. The van der Waals surface area contributed by atoms with Crippen molar-refractivity contribution >= 4 is 11.3 Å². The fourth-order valence-corrected chi connectivity index (χ4v) is 3.39. The van der Waals surface area contributed by atoms with Crippen LogP contribution in [0.2, 0.25) is 0 Å². The van der Waals surface area contributed by atoms with Gasteiger partial charge in [-0.05, 0) is 36.1 Å². The molecule has 0 radical (unpaired) electrons. The summed E-state index contributed by atoms with van der Waals surface area (Å²) in [5.41, 5.74) is 0. The summed E-state index contributed by atoms with van der Waals surface area (Å²) in [6.45, 7) is 2.31. The Morgan fingerprint density at radius 1 is 1.53 bits per heavy atom. The van der Waals surface area contributed by atoms with Gasteiger partial charge in [0, 0.05) is 11.3 Å². The van der Waals surface area contributed by atoms with Gasteiger partial charge in [-0.15, -0.1) is 11.3 Å². The molecule has 3 atom stereocenters. The molecular formula is C13H20OS. The van der Waals surface area contributed by atoms with E-state index in [0.29, 0.717) is 5.92 Å². The third kappa shape index (κ3) is 3.05. The predicted octanol–water partition coefficient (Wildman–Crippen LogP) is 3.48. The molecule has 0 bridgehead atoms. The zero-order chi connectivity index (χ0) is 10.7. The number of rotatable bonds is 3. The molecule has 1 saturated carbocycles. The smallest absolute Gasteiger partial charge is 0.0616 e. The summed E-state index contributed by atoms with van der Waals surface area (Å²) in [5.74, 6) is 1.34. The second-order valence-electron chi connectivity index (χ2n) is 4.88. The summed E-state index contributed by atoms with van der Waals surface area (Å²) < 4.78 is 0. The second kappa shape index (κ2) is 5.13. The molecule has 1 aromatic rings. The van der Waals surface area contributed by atoms with Gasteiger partial charge in [-0.2, -0.15) is 0 Å². The molecule has 1 aliphatic rings. The number of hydrogen-bond acceptors (Lipinski definition) is 2. The van der Waals surface area contributed by atoms with Crippen molar-refractivity contribution in [1.82, 2.24) is 0 Å². The van der Waals surface area contributed by atoms with Crippen molar-refractivity contribution < 1.29 is 5.11 Å². The molecule has 0 saturated heterocycles. The number of hydrogen-bond donors (Lipinski definition) is 1. The van der Waals surface area contributed by atoms with Crippen LogP contribution in [0.15, 0.2) is 17.5 Å². The minimum Gasteiger partial charge on any atom is -0.392 e. The van der Waals surface area contributed by atoms with E-state index in [1.165, 1.54) is 30.6 Å². The van der Waals surface area contributed by atoms with Crippen LogP contribution in [0.3, 0.4) is 0 Å². The molecule has 84 valence electrons. The van der Waals surface area contributed by atoms with E-state index in [0.717, 1.165) is 12.3 Å². The molecule has 1 N–H and O–H groups in total. The summed E-state index contributed by atoms with van der Waals surface area (Å²) >= 11 is 1.76. The van der Waals surface area contributed by atoms with Gasteiger partial charge < -0.3 is 5.11 Å². The summed E-state index contributed by atoms with van der Waals surface area (Å²) in [6, 6.07) is 4.19. The van der Waals surface area contributed by atoms with E-state index in [2.05, 4.69) is 24.4 Å². The van der Waals surface area contributed by atoms with Gasteiger partial charge in [0.15, 0.2) is 0 Å². The molecule has 1 nitrogen and oxygen atoms in total. The van der Waals surface area contributed by atoms with Crippen LogP contribution in [0.5, 0.6) is 0 Å². The van der Waals surface area contributed by atoms with Crippen molar-refractivity contribution in [3.05, 3.63) is 22.4 Å². The molecular weight excluding hydrogens is 204 g/mol. The van der Waals surface area contributed by atoms with Crippen LogP contribution in [0, 0.1) is 11.8 Å². The Bertz CT molecular complexity index is 281. The standard InChI is InChI=1S/C13H20OS/c1-10-4-2-5-11(8-10)13(14)9-12-6-3-7-15-12/h3,6-7,10-11,13-14H,2,4-5,8-9H2,1H3. The lowest BCUT2D eigenvalue weighted by Gasteiger charge is -2.30. The van der Waals surface area contributed by atoms with Crippen LogP contribution in [0.4, 0.5) is 0 Å². The van der Waals surface area contributed by atoms with E-state index in [4.69, 9.17) is 0 Å². The van der Waals surface area contributed by atoms with Crippen molar-refractivity contribution in [2.75, 3.05) is 0 Å². The van der Waals surface area contributed by atoms with E-state index < -0.39 is 0 Å². The predicted molar refractivity (Wildman–Crippen MR) is 65.2 cm³/mol. The molecule has 2 rings (SSSR count). The quantitative estimate of drug-likeness (QED) is 0.833. The highest BCUT2D eigenvalue weighted by atomic mass is 32.1. The zero-order valence-corrected chi connectivity index (χ0v) is 10.2. The molecule has 1 aromatic heterocycles. The van der Waals surface area contributed by atoms with E-state index in [9.17, 15) is 5.11 Å². The van der Waals surface area contributed by atoms with Crippen LogP contribution in [-0.4, -0.2) is 11.2 Å². The number of aliphatic hydroxyl groups is 1. The van der Waals surface area contributed by atoms with E-state index in [1.54, 1.807) is 11.3 Å². The summed E-state index contributed by atoms with van der Waals surface area (Å²) in [6.07, 6.45) is 5.82. The summed E-state index contributed by atoms with van der Waals surface area (Å²) in [4.78, 5) is 1.32. The molecule has 0 aromatic carbocycles. The first-order valence-corrected chi connectivity index (χ1v) is 6.84. The molecule has 1 heterocycles.